The van der Waals surface area contributed by atoms with E-state index in [1.165, 1.54) is 6.07 Å². The van der Waals surface area contributed by atoms with Gasteiger partial charge in [0.15, 0.2) is 0 Å². The number of aryl methyl sites for hydroxylation is 2. The van der Waals surface area contributed by atoms with Crippen molar-refractivity contribution in [2.75, 3.05) is 0 Å². The Morgan fingerprint density at radius 2 is 1.64 bits per heavy atom. The van der Waals surface area contributed by atoms with Crippen molar-refractivity contribution in [2.24, 2.45) is 0 Å². The minimum Gasteiger partial charge on any atom is -0.477 e. The van der Waals surface area contributed by atoms with E-state index in [2.05, 4.69) is 16.0 Å². The third-order valence-electron chi connectivity index (χ3n) is 3.68. The number of rotatable bonds is 6. The standard InChI is InChI=1S/C20H17N2O2.Rh/c23-20(24)19-14-6-12-17(22-19)10-4-9-16-11-5-13-18(21-16)15-7-2-1-3-8-15;/h1-3,5-7,11-14H,4,9-10H2,(H,23,24);/q-1;. The summed E-state index contributed by atoms with van der Waals surface area (Å²) < 4.78 is 0. The fraction of sp³-hybridized carbons (Fsp3) is 0.150. The number of carboxylic acids is 1. The molecule has 0 unspecified atom stereocenters. The molecule has 4 nitrogen and oxygen atoms in total. The van der Waals surface area contributed by atoms with E-state index in [0.717, 1.165) is 41.9 Å². The van der Waals surface area contributed by atoms with Crippen LogP contribution in [-0.4, -0.2) is 21.0 Å². The van der Waals surface area contributed by atoms with E-state index in [4.69, 9.17) is 5.11 Å². The van der Waals surface area contributed by atoms with E-state index in [1.54, 1.807) is 6.07 Å². The summed E-state index contributed by atoms with van der Waals surface area (Å²) in [6, 6.07) is 22.0. The SMILES string of the molecule is O=C(O)c1cccc(CCCc2cccc(-c3[c-]cccc3)n2)n1.[Rh]. The van der Waals surface area contributed by atoms with Gasteiger partial charge in [-0.05, 0) is 43.2 Å². The first-order valence-corrected chi connectivity index (χ1v) is 7.84. The van der Waals surface area contributed by atoms with Crippen LogP contribution in [0, 0.1) is 6.07 Å². The molecule has 1 radical (unpaired) electrons. The zero-order valence-corrected chi connectivity index (χ0v) is 15.1. The van der Waals surface area contributed by atoms with Crippen LogP contribution in [0.1, 0.15) is 28.3 Å². The Bertz CT molecular complexity index is 838. The molecule has 1 aromatic carbocycles. The van der Waals surface area contributed by atoms with Crippen LogP contribution in [0.3, 0.4) is 0 Å². The molecule has 3 rings (SSSR count). The Morgan fingerprint density at radius 1 is 0.920 bits per heavy atom. The molecule has 0 fully saturated rings. The first-order valence-electron chi connectivity index (χ1n) is 7.84. The van der Waals surface area contributed by atoms with Crippen molar-refractivity contribution in [1.29, 1.82) is 0 Å². The summed E-state index contributed by atoms with van der Waals surface area (Å²) in [7, 11) is 0. The number of aromatic carboxylic acids is 1. The number of nitrogens with zero attached hydrogens (tertiary/aromatic N) is 2. The van der Waals surface area contributed by atoms with Crippen LogP contribution in [0.4, 0.5) is 0 Å². The zero-order valence-electron chi connectivity index (χ0n) is 13.5. The van der Waals surface area contributed by atoms with Crippen LogP contribution >= 0.6 is 0 Å². The molecule has 0 amide bonds. The van der Waals surface area contributed by atoms with Crippen molar-refractivity contribution in [3.63, 3.8) is 0 Å². The van der Waals surface area contributed by atoms with Crippen molar-refractivity contribution in [3.8, 4) is 11.3 Å². The van der Waals surface area contributed by atoms with Gasteiger partial charge < -0.3 is 10.1 Å². The molecule has 0 saturated heterocycles. The zero-order chi connectivity index (χ0) is 16.8. The van der Waals surface area contributed by atoms with Gasteiger partial charge in [0.25, 0.3) is 0 Å². The quantitative estimate of drug-likeness (QED) is 0.487. The van der Waals surface area contributed by atoms with Gasteiger partial charge in [-0.15, -0.1) is 35.9 Å². The van der Waals surface area contributed by atoms with Crippen LogP contribution in [0.5, 0.6) is 0 Å². The average Bonchev–Trinajstić information content (AvgIpc) is 2.63. The number of hydrogen-bond donors (Lipinski definition) is 1. The third kappa shape index (κ3) is 5.30. The van der Waals surface area contributed by atoms with Gasteiger partial charge in [0.2, 0.25) is 0 Å². The molecule has 3 aromatic rings. The minimum absolute atomic E-state index is 0. The van der Waals surface area contributed by atoms with Gasteiger partial charge in [0.05, 0.1) is 0 Å². The first kappa shape index (κ1) is 18.9. The molecular formula is C20H17N2O2Rh-. The molecule has 0 aliphatic carbocycles. The minimum atomic E-state index is -0.995. The van der Waals surface area contributed by atoms with Crippen LogP contribution in [0.25, 0.3) is 11.3 Å². The largest absolute Gasteiger partial charge is 0.477 e. The molecule has 0 bridgehead atoms. The molecule has 25 heavy (non-hydrogen) atoms. The van der Waals surface area contributed by atoms with E-state index in [-0.39, 0.29) is 25.2 Å². The van der Waals surface area contributed by atoms with Gasteiger partial charge in [-0.2, -0.15) is 0 Å². The molecule has 0 aliphatic rings. The first-order chi connectivity index (χ1) is 11.7. The Labute approximate surface area is 159 Å². The molecule has 0 spiro atoms. The number of carboxylic acid groups (broad SMARTS) is 1. The number of aromatic nitrogens is 2. The van der Waals surface area contributed by atoms with Gasteiger partial charge in [-0.25, -0.2) is 9.78 Å². The smallest absolute Gasteiger partial charge is 0.354 e. The predicted molar refractivity (Wildman–Crippen MR) is 91.7 cm³/mol. The number of pyridine rings is 2. The second-order valence-corrected chi connectivity index (χ2v) is 5.46. The molecule has 0 atom stereocenters. The molecular weight excluding hydrogens is 403 g/mol. The van der Waals surface area contributed by atoms with Gasteiger partial charge in [0, 0.05) is 30.9 Å². The van der Waals surface area contributed by atoms with E-state index in [0.29, 0.717) is 0 Å². The summed E-state index contributed by atoms with van der Waals surface area (Å²) in [5, 5.41) is 8.98. The molecule has 2 aromatic heterocycles. The number of hydrogen-bond acceptors (Lipinski definition) is 3. The van der Waals surface area contributed by atoms with Gasteiger partial charge >= 0.3 is 5.97 Å². The van der Waals surface area contributed by atoms with Crippen molar-refractivity contribution < 1.29 is 29.4 Å². The van der Waals surface area contributed by atoms with E-state index in [9.17, 15) is 4.79 Å². The Kier molecular flexibility index (Phi) is 6.96. The molecule has 2 heterocycles. The number of carbonyl (C=O) groups is 1. The van der Waals surface area contributed by atoms with Crippen molar-refractivity contribution in [2.45, 2.75) is 19.3 Å². The van der Waals surface area contributed by atoms with Crippen LogP contribution in [-0.2, 0) is 32.3 Å². The molecule has 0 saturated carbocycles. The molecule has 1 N–H and O–H groups in total. The summed E-state index contributed by atoms with van der Waals surface area (Å²) in [5.74, 6) is -0.995. The molecule has 5 heteroatoms. The summed E-state index contributed by atoms with van der Waals surface area (Å²) in [6.07, 6.45) is 2.41. The Hall–Kier alpha value is -2.39. The summed E-state index contributed by atoms with van der Waals surface area (Å²) in [5.41, 5.74) is 3.79. The summed E-state index contributed by atoms with van der Waals surface area (Å²) in [6.45, 7) is 0. The van der Waals surface area contributed by atoms with E-state index < -0.39 is 5.97 Å². The maximum absolute atomic E-state index is 10.9. The van der Waals surface area contributed by atoms with E-state index >= 15 is 0 Å². The van der Waals surface area contributed by atoms with Crippen LogP contribution in [0.15, 0.2) is 60.7 Å². The second kappa shape index (κ2) is 9.19. The third-order valence-corrected chi connectivity index (χ3v) is 3.68. The Morgan fingerprint density at radius 3 is 2.32 bits per heavy atom. The van der Waals surface area contributed by atoms with Gasteiger partial charge in [0.1, 0.15) is 5.69 Å². The maximum Gasteiger partial charge on any atom is 0.354 e. The summed E-state index contributed by atoms with van der Waals surface area (Å²) >= 11 is 0. The molecule has 129 valence electrons. The fourth-order valence-corrected chi connectivity index (χ4v) is 2.51. The van der Waals surface area contributed by atoms with Crippen molar-refractivity contribution in [1.82, 2.24) is 9.97 Å². The van der Waals surface area contributed by atoms with Crippen molar-refractivity contribution >= 4 is 5.97 Å². The Balaban J connectivity index is 0.00000225. The second-order valence-electron chi connectivity index (χ2n) is 5.46. The van der Waals surface area contributed by atoms with Gasteiger partial charge in [-0.1, -0.05) is 18.2 Å². The van der Waals surface area contributed by atoms with E-state index in [1.807, 2.05) is 48.5 Å². The van der Waals surface area contributed by atoms with Crippen LogP contribution in [0.2, 0.25) is 0 Å². The fourth-order valence-electron chi connectivity index (χ4n) is 2.51. The summed E-state index contributed by atoms with van der Waals surface area (Å²) in [4.78, 5) is 19.8. The molecule has 0 aliphatic heterocycles. The van der Waals surface area contributed by atoms with Gasteiger partial charge in [-0.3, -0.25) is 0 Å². The average molecular weight is 420 g/mol. The number of benzene rings is 1. The normalized spacial score (nSPS) is 10.1. The topological polar surface area (TPSA) is 63.1 Å². The monoisotopic (exact) mass is 420 g/mol. The van der Waals surface area contributed by atoms with Crippen molar-refractivity contribution in [3.05, 3.63) is 83.8 Å². The maximum atomic E-state index is 10.9. The predicted octanol–water partition coefficient (Wildman–Crippen LogP) is 3.81. The van der Waals surface area contributed by atoms with Crippen LogP contribution < -0.4 is 0 Å².